The molecule has 28 heavy (non-hydrogen) atoms. The number of amides is 1. The third-order valence-electron chi connectivity index (χ3n) is 4.86. The van der Waals surface area contributed by atoms with Crippen molar-refractivity contribution < 1.29 is 13.2 Å². The lowest BCUT2D eigenvalue weighted by molar-refractivity contribution is -0.117. The fraction of sp³-hybridized carbons (Fsp3) is 0.300. The van der Waals surface area contributed by atoms with Gasteiger partial charge in [0.2, 0.25) is 5.91 Å². The summed E-state index contributed by atoms with van der Waals surface area (Å²) < 4.78 is 25.2. The van der Waals surface area contributed by atoms with Crippen LogP contribution in [-0.2, 0) is 21.1 Å². The molecule has 0 radical (unpaired) electrons. The summed E-state index contributed by atoms with van der Waals surface area (Å²) >= 11 is 4.83. The van der Waals surface area contributed by atoms with E-state index >= 15 is 0 Å². The van der Waals surface area contributed by atoms with Crippen LogP contribution in [0.25, 0.3) is 0 Å². The molecule has 0 spiro atoms. The minimum Gasteiger partial charge on any atom is -0.316 e. The van der Waals surface area contributed by atoms with E-state index in [0.717, 1.165) is 15.7 Å². The maximum atomic E-state index is 12.5. The van der Waals surface area contributed by atoms with E-state index < -0.39 is 9.84 Å². The molecule has 2 aromatic rings. The lowest BCUT2D eigenvalue weighted by atomic mass is 10.1. The lowest BCUT2D eigenvalue weighted by Gasteiger charge is -2.24. The van der Waals surface area contributed by atoms with Crippen molar-refractivity contribution in [2.24, 2.45) is 4.99 Å². The molecular formula is C20H19BrN2O3S2. The summed E-state index contributed by atoms with van der Waals surface area (Å²) in [7, 11) is -3.06. The topological polar surface area (TPSA) is 66.8 Å². The number of carbonyl (C=O) groups excluding carboxylic acids is 1. The third kappa shape index (κ3) is 4.34. The highest BCUT2D eigenvalue weighted by atomic mass is 79.9. The van der Waals surface area contributed by atoms with Gasteiger partial charge < -0.3 is 4.90 Å². The van der Waals surface area contributed by atoms with E-state index in [-0.39, 0.29) is 28.7 Å². The Morgan fingerprint density at radius 3 is 2.54 bits per heavy atom. The van der Waals surface area contributed by atoms with E-state index in [1.165, 1.54) is 11.8 Å². The number of fused-ring (bicyclic) bond motifs is 1. The van der Waals surface area contributed by atoms with Gasteiger partial charge in [0, 0.05) is 21.8 Å². The maximum Gasteiger partial charge on any atom is 0.248 e. The molecule has 2 fully saturated rings. The highest BCUT2D eigenvalue weighted by Crippen LogP contribution is 2.41. The quantitative estimate of drug-likeness (QED) is 0.670. The zero-order chi connectivity index (χ0) is 19.7. The van der Waals surface area contributed by atoms with Crippen molar-refractivity contribution in [2.45, 2.75) is 24.1 Å². The summed E-state index contributed by atoms with van der Waals surface area (Å²) in [5.41, 5.74) is 1.96. The van der Waals surface area contributed by atoms with Crippen molar-refractivity contribution in [3.8, 4) is 0 Å². The van der Waals surface area contributed by atoms with Gasteiger partial charge in [0.05, 0.1) is 17.5 Å². The van der Waals surface area contributed by atoms with Gasteiger partial charge in [-0.15, -0.1) is 0 Å². The monoisotopic (exact) mass is 478 g/mol. The van der Waals surface area contributed by atoms with Gasteiger partial charge in [-0.1, -0.05) is 58.0 Å². The molecule has 0 N–H and O–H groups in total. The van der Waals surface area contributed by atoms with Crippen molar-refractivity contribution >= 4 is 54.3 Å². The van der Waals surface area contributed by atoms with Crippen molar-refractivity contribution in [1.29, 1.82) is 0 Å². The number of amidine groups is 1. The Labute approximate surface area is 177 Å². The van der Waals surface area contributed by atoms with Crippen LogP contribution in [0.5, 0.6) is 0 Å². The molecule has 4 rings (SSSR count). The van der Waals surface area contributed by atoms with Gasteiger partial charge in [0.25, 0.3) is 0 Å². The second-order valence-electron chi connectivity index (χ2n) is 6.92. The smallest absolute Gasteiger partial charge is 0.248 e. The van der Waals surface area contributed by atoms with Crippen LogP contribution < -0.4 is 4.90 Å². The van der Waals surface area contributed by atoms with Crippen LogP contribution in [0, 0.1) is 0 Å². The number of hydrogen-bond acceptors (Lipinski definition) is 4. The van der Waals surface area contributed by atoms with E-state index in [1.54, 1.807) is 0 Å². The number of aryl methyl sites for hydroxylation is 1. The van der Waals surface area contributed by atoms with Gasteiger partial charge in [0.1, 0.15) is 0 Å². The minimum absolute atomic E-state index is 0.0886. The largest absolute Gasteiger partial charge is 0.316 e. The first-order chi connectivity index (χ1) is 13.4. The molecule has 0 saturated carbocycles. The summed E-state index contributed by atoms with van der Waals surface area (Å²) in [6, 6.07) is 17.3. The Hall–Kier alpha value is -1.64. The Morgan fingerprint density at radius 1 is 1.11 bits per heavy atom. The van der Waals surface area contributed by atoms with Crippen molar-refractivity contribution in [3.63, 3.8) is 0 Å². The third-order valence-corrected chi connectivity index (χ3v) is 8.60. The van der Waals surface area contributed by atoms with E-state index in [4.69, 9.17) is 0 Å². The number of aliphatic imine (C=N–C) groups is 1. The number of anilines is 1. The van der Waals surface area contributed by atoms with Crippen LogP contribution in [0.2, 0.25) is 0 Å². The summed E-state index contributed by atoms with van der Waals surface area (Å²) in [5.74, 6) is 0.0427. The molecule has 2 atom stereocenters. The van der Waals surface area contributed by atoms with E-state index in [9.17, 15) is 13.2 Å². The Balaban J connectivity index is 1.56. The van der Waals surface area contributed by atoms with Gasteiger partial charge in [-0.05, 0) is 36.2 Å². The van der Waals surface area contributed by atoms with Gasteiger partial charge in [0.15, 0.2) is 15.0 Å². The Kier molecular flexibility index (Phi) is 5.62. The molecule has 2 aliphatic rings. The number of hydrogen-bond donors (Lipinski definition) is 0. The first-order valence-electron chi connectivity index (χ1n) is 8.99. The van der Waals surface area contributed by atoms with Crippen molar-refractivity contribution in [1.82, 2.24) is 0 Å². The maximum absolute atomic E-state index is 12.5. The van der Waals surface area contributed by atoms with Crippen LogP contribution in [0.15, 0.2) is 64.1 Å². The molecule has 5 nitrogen and oxygen atoms in total. The summed E-state index contributed by atoms with van der Waals surface area (Å²) in [5, 5.41) is 0.514. The van der Waals surface area contributed by atoms with Gasteiger partial charge in [-0.2, -0.15) is 4.99 Å². The molecule has 0 bridgehead atoms. The second-order valence-corrected chi connectivity index (χ2v) is 11.2. The van der Waals surface area contributed by atoms with Crippen molar-refractivity contribution in [3.05, 3.63) is 64.6 Å². The standard InChI is InChI=1S/C20H19BrN2O3S2/c21-15-7-9-16(10-8-15)23-17-12-28(25,26)13-18(17)27-20(23)22-19(24)11-6-14-4-2-1-3-5-14/h1-5,7-10,17-18H,6,11-13H2/t17-,18+/m1/s1. The predicted octanol–water partition coefficient (Wildman–Crippen LogP) is 3.68. The molecule has 8 heteroatoms. The van der Waals surface area contributed by atoms with Crippen molar-refractivity contribution in [2.75, 3.05) is 16.4 Å². The average molecular weight is 479 g/mol. The normalized spacial score (nSPS) is 24.5. The summed E-state index contributed by atoms with van der Waals surface area (Å²) in [4.78, 5) is 18.8. The van der Waals surface area contributed by atoms with E-state index in [1.807, 2.05) is 59.5 Å². The fourth-order valence-electron chi connectivity index (χ4n) is 3.53. The predicted molar refractivity (Wildman–Crippen MR) is 118 cm³/mol. The highest BCUT2D eigenvalue weighted by molar-refractivity contribution is 9.10. The number of rotatable bonds is 4. The van der Waals surface area contributed by atoms with Gasteiger partial charge in [-0.3, -0.25) is 4.79 Å². The number of halogens is 1. The molecule has 2 aliphatic heterocycles. The van der Waals surface area contributed by atoms with E-state index in [0.29, 0.717) is 18.0 Å². The molecule has 2 aromatic carbocycles. The molecule has 0 aliphatic carbocycles. The van der Waals surface area contributed by atoms with Crippen LogP contribution in [0.1, 0.15) is 12.0 Å². The first kappa shape index (κ1) is 19.7. The molecule has 2 saturated heterocycles. The molecule has 146 valence electrons. The van der Waals surface area contributed by atoms with Crippen LogP contribution >= 0.6 is 27.7 Å². The molecule has 2 heterocycles. The number of sulfone groups is 1. The zero-order valence-corrected chi connectivity index (χ0v) is 18.2. The van der Waals surface area contributed by atoms with Gasteiger partial charge in [-0.25, -0.2) is 8.42 Å². The first-order valence-corrected chi connectivity index (χ1v) is 12.5. The van der Waals surface area contributed by atoms with Gasteiger partial charge >= 0.3 is 0 Å². The van der Waals surface area contributed by atoms with Crippen LogP contribution in [0.3, 0.4) is 0 Å². The Bertz CT molecular complexity index is 1010. The summed E-state index contributed by atoms with van der Waals surface area (Å²) in [6.07, 6.45) is 0.969. The number of thioether (sulfide) groups is 1. The number of benzene rings is 2. The van der Waals surface area contributed by atoms with E-state index in [2.05, 4.69) is 20.9 Å². The average Bonchev–Trinajstić information content (AvgIpc) is 3.12. The highest BCUT2D eigenvalue weighted by Gasteiger charge is 2.49. The number of carbonyl (C=O) groups is 1. The molecule has 0 unspecified atom stereocenters. The fourth-order valence-corrected chi connectivity index (χ4v) is 7.72. The molecule has 1 amide bonds. The zero-order valence-electron chi connectivity index (χ0n) is 15.0. The minimum atomic E-state index is -3.06. The summed E-state index contributed by atoms with van der Waals surface area (Å²) in [6.45, 7) is 0. The lowest BCUT2D eigenvalue weighted by Crippen LogP contribution is -2.37. The number of nitrogens with zero attached hydrogens (tertiary/aromatic N) is 2. The second kappa shape index (κ2) is 8.00. The SMILES string of the molecule is O=C(CCc1ccccc1)N=C1S[C@H]2CS(=O)(=O)C[C@H]2N1c1ccc(Br)cc1. The van der Waals surface area contributed by atoms with Crippen LogP contribution in [0.4, 0.5) is 5.69 Å². The molecule has 0 aromatic heterocycles. The molecular weight excluding hydrogens is 460 g/mol. The van der Waals surface area contributed by atoms with Crippen LogP contribution in [-0.4, -0.2) is 42.3 Å². The Morgan fingerprint density at radius 2 is 1.82 bits per heavy atom.